The van der Waals surface area contributed by atoms with E-state index in [2.05, 4.69) is 10.3 Å². The van der Waals surface area contributed by atoms with Crippen molar-refractivity contribution in [3.8, 4) is 0 Å². The molecule has 1 aliphatic heterocycles. The van der Waals surface area contributed by atoms with E-state index in [0.29, 0.717) is 33.8 Å². The van der Waals surface area contributed by atoms with Gasteiger partial charge in [-0.15, -0.1) is 24.8 Å². The number of piperidine rings is 1. The normalized spacial score (nSPS) is 27.4. The summed E-state index contributed by atoms with van der Waals surface area (Å²) in [5.41, 5.74) is 1.49. The minimum absolute atomic E-state index is 0. The summed E-state index contributed by atoms with van der Waals surface area (Å²) in [6.07, 6.45) is 3.84. The zero-order chi connectivity index (χ0) is 12.3. The molecule has 4 rings (SSSR count). The van der Waals surface area contributed by atoms with Gasteiger partial charge in [0.2, 0.25) is 0 Å². The van der Waals surface area contributed by atoms with Crippen LogP contribution in [0.4, 0.5) is 0 Å². The first kappa shape index (κ1) is 16.2. The van der Waals surface area contributed by atoms with Crippen molar-refractivity contribution in [1.82, 2.24) is 10.3 Å². The molecule has 2 aromatic heterocycles. The lowest BCUT2D eigenvalue weighted by Crippen LogP contribution is -2.28. The molecule has 0 spiro atoms. The zero-order valence-corrected chi connectivity index (χ0v) is 13.6. The number of nitrogens with zero attached hydrogens (tertiary/aromatic N) is 1. The fourth-order valence-corrected chi connectivity index (χ4v) is 3.55. The van der Waals surface area contributed by atoms with Crippen molar-refractivity contribution in [2.24, 2.45) is 5.92 Å². The van der Waals surface area contributed by atoms with Crippen LogP contribution in [0.1, 0.15) is 31.1 Å². The Bertz CT molecular complexity index is 591. The Balaban J connectivity index is 0.000000735. The monoisotopic (exact) mass is 354 g/mol. The molecule has 0 radical (unpaired) electrons. The van der Waals surface area contributed by atoms with Crippen molar-refractivity contribution in [1.29, 1.82) is 0 Å². The van der Waals surface area contributed by atoms with Gasteiger partial charge in [-0.3, -0.25) is 0 Å². The lowest BCUT2D eigenvalue weighted by Gasteiger charge is -2.20. The Kier molecular flexibility index (Phi) is 4.77. The van der Waals surface area contributed by atoms with Crippen LogP contribution in [0.5, 0.6) is 0 Å². The summed E-state index contributed by atoms with van der Waals surface area (Å²) in [5, 5.41) is 4.38. The summed E-state index contributed by atoms with van der Waals surface area (Å²) in [6, 6.07) is 4.71. The lowest BCUT2D eigenvalue weighted by atomic mass is 9.98. The van der Waals surface area contributed by atoms with E-state index >= 15 is 0 Å². The van der Waals surface area contributed by atoms with Gasteiger partial charge in [0.1, 0.15) is 16.4 Å². The van der Waals surface area contributed by atoms with Crippen molar-refractivity contribution < 1.29 is 4.42 Å². The largest absolute Gasteiger partial charge is 0.458 e. The number of nitrogens with one attached hydrogen (secondary N) is 1. The molecule has 1 saturated heterocycles. The number of furan rings is 1. The molecule has 0 unspecified atom stereocenters. The summed E-state index contributed by atoms with van der Waals surface area (Å²) in [4.78, 5) is 4.24. The van der Waals surface area contributed by atoms with Crippen molar-refractivity contribution >= 4 is 59.1 Å². The second-order valence-electron chi connectivity index (χ2n) is 5.21. The first-order valence-corrected chi connectivity index (χ1v) is 6.98. The smallest absolute Gasteiger partial charge is 0.154 e. The molecule has 1 saturated carbocycles. The Morgan fingerprint density at radius 2 is 2.00 bits per heavy atom. The molecule has 7 heteroatoms. The second kappa shape index (κ2) is 5.90. The average molecular weight is 356 g/mol. The highest BCUT2D eigenvalue weighted by molar-refractivity contribution is 6.41. The molecule has 110 valence electrons. The number of aromatic nitrogens is 1. The average Bonchev–Trinajstić information content (AvgIpc) is 3.02. The Morgan fingerprint density at radius 1 is 1.20 bits per heavy atom. The van der Waals surface area contributed by atoms with Gasteiger partial charge in [0.05, 0.1) is 11.1 Å². The van der Waals surface area contributed by atoms with Gasteiger partial charge in [-0.05, 0) is 25.2 Å². The molecule has 1 N–H and O–H groups in total. The van der Waals surface area contributed by atoms with Crippen LogP contribution in [0.25, 0.3) is 11.1 Å². The van der Waals surface area contributed by atoms with E-state index in [4.69, 9.17) is 27.6 Å². The third-order valence-electron chi connectivity index (χ3n) is 4.10. The van der Waals surface area contributed by atoms with Crippen molar-refractivity contribution in [3.63, 3.8) is 0 Å². The molecular weight excluding hydrogens is 342 g/mol. The number of halogens is 4. The molecule has 2 fully saturated rings. The molecule has 0 aromatic carbocycles. The van der Waals surface area contributed by atoms with Gasteiger partial charge >= 0.3 is 0 Å². The quantitative estimate of drug-likeness (QED) is 0.747. The Hall–Kier alpha value is -0.190. The molecule has 1 aliphatic carbocycles. The van der Waals surface area contributed by atoms with Crippen molar-refractivity contribution in [2.45, 2.75) is 31.3 Å². The number of hydrogen-bond acceptors (Lipinski definition) is 3. The topological polar surface area (TPSA) is 38.1 Å². The molecule has 2 aliphatic rings. The summed E-state index contributed by atoms with van der Waals surface area (Å²) in [7, 11) is 0. The number of fused-ring (bicyclic) bond motifs is 3. The van der Waals surface area contributed by atoms with Crippen LogP contribution in [0, 0.1) is 5.92 Å². The standard InChI is InChI=1S/C13H12Cl2N2O.2ClH/c14-8-4-10-9(17-13(8)15)5-11(18-10)12-6-1-2-7(3-6)16-12;;/h4-7,12,16H,1-3H2;2*1H/t6-,7+,12-;;/m0../s1. The molecule has 0 amide bonds. The molecule has 2 bridgehead atoms. The van der Waals surface area contributed by atoms with Gasteiger partial charge in [0, 0.05) is 18.2 Å². The van der Waals surface area contributed by atoms with E-state index in [0.717, 1.165) is 11.3 Å². The van der Waals surface area contributed by atoms with E-state index in [1.165, 1.54) is 19.3 Å². The van der Waals surface area contributed by atoms with Crippen LogP contribution in [0.3, 0.4) is 0 Å². The minimum Gasteiger partial charge on any atom is -0.458 e. The molecular formula is C13H14Cl4N2O. The van der Waals surface area contributed by atoms with E-state index in [9.17, 15) is 0 Å². The number of rotatable bonds is 1. The highest BCUT2D eigenvalue weighted by Gasteiger charge is 2.41. The van der Waals surface area contributed by atoms with Gasteiger partial charge in [-0.1, -0.05) is 23.2 Å². The van der Waals surface area contributed by atoms with Crippen LogP contribution in [-0.4, -0.2) is 11.0 Å². The van der Waals surface area contributed by atoms with Crippen LogP contribution in [-0.2, 0) is 0 Å². The SMILES string of the molecule is Cl.Cl.Clc1cc2oc([C@H]3N[C@@H]4CC[C@H]3C4)cc2nc1Cl. The first-order chi connectivity index (χ1) is 8.70. The fraction of sp³-hybridized carbons (Fsp3) is 0.462. The van der Waals surface area contributed by atoms with Gasteiger partial charge in [-0.25, -0.2) is 4.98 Å². The Labute approximate surface area is 139 Å². The van der Waals surface area contributed by atoms with Crippen LogP contribution in [0.2, 0.25) is 10.2 Å². The van der Waals surface area contributed by atoms with Crippen molar-refractivity contribution in [2.75, 3.05) is 0 Å². The van der Waals surface area contributed by atoms with Crippen LogP contribution < -0.4 is 5.32 Å². The van der Waals surface area contributed by atoms with Gasteiger partial charge in [0.15, 0.2) is 5.58 Å². The first-order valence-electron chi connectivity index (χ1n) is 6.22. The van der Waals surface area contributed by atoms with E-state index in [-0.39, 0.29) is 24.8 Å². The van der Waals surface area contributed by atoms with E-state index < -0.39 is 0 Å². The van der Waals surface area contributed by atoms with Gasteiger partial charge in [-0.2, -0.15) is 0 Å². The number of hydrogen-bond donors (Lipinski definition) is 1. The van der Waals surface area contributed by atoms with Crippen LogP contribution in [0.15, 0.2) is 16.5 Å². The zero-order valence-electron chi connectivity index (χ0n) is 10.4. The Morgan fingerprint density at radius 3 is 2.65 bits per heavy atom. The van der Waals surface area contributed by atoms with E-state index in [1.807, 2.05) is 6.07 Å². The number of pyridine rings is 1. The molecule has 3 atom stereocenters. The van der Waals surface area contributed by atoms with Crippen molar-refractivity contribution in [3.05, 3.63) is 28.1 Å². The lowest BCUT2D eigenvalue weighted by molar-refractivity contribution is 0.340. The summed E-state index contributed by atoms with van der Waals surface area (Å²) in [5.74, 6) is 1.66. The maximum Gasteiger partial charge on any atom is 0.154 e. The molecule has 3 heterocycles. The van der Waals surface area contributed by atoms with Gasteiger partial charge in [0.25, 0.3) is 0 Å². The molecule has 3 nitrogen and oxygen atoms in total. The third kappa shape index (κ3) is 2.51. The predicted molar refractivity (Wildman–Crippen MR) is 85.5 cm³/mol. The minimum atomic E-state index is 0. The van der Waals surface area contributed by atoms with Crippen LogP contribution >= 0.6 is 48.0 Å². The maximum atomic E-state index is 5.95. The predicted octanol–water partition coefficient (Wildman–Crippen LogP) is 4.79. The van der Waals surface area contributed by atoms with E-state index in [1.54, 1.807) is 6.07 Å². The maximum absolute atomic E-state index is 5.95. The molecule has 20 heavy (non-hydrogen) atoms. The second-order valence-corrected chi connectivity index (χ2v) is 5.97. The highest BCUT2D eigenvalue weighted by atomic mass is 35.5. The van der Waals surface area contributed by atoms with Gasteiger partial charge < -0.3 is 9.73 Å². The summed E-state index contributed by atoms with van der Waals surface area (Å²) < 4.78 is 5.87. The summed E-state index contributed by atoms with van der Waals surface area (Å²) >= 11 is 11.9. The highest BCUT2D eigenvalue weighted by Crippen LogP contribution is 2.44. The summed E-state index contributed by atoms with van der Waals surface area (Å²) in [6.45, 7) is 0. The fourth-order valence-electron chi connectivity index (χ4n) is 3.27. The molecule has 2 aromatic rings. The third-order valence-corrected chi connectivity index (χ3v) is 4.77.